The van der Waals surface area contributed by atoms with Gasteiger partial charge in [0.25, 0.3) is 0 Å². The lowest BCUT2D eigenvalue weighted by atomic mass is 10.2. The number of carboxylic acid groups (broad SMARTS) is 1. The van der Waals surface area contributed by atoms with Gasteiger partial charge in [0.1, 0.15) is 0 Å². The fraction of sp³-hybridized carbons (Fsp3) is 0.667. The van der Waals surface area contributed by atoms with Gasteiger partial charge in [-0.2, -0.15) is 0 Å². The average molecular weight is 214 g/mol. The molecule has 1 rings (SSSR count). The minimum Gasteiger partial charge on any atom is -0.481 e. The summed E-state index contributed by atoms with van der Waals surface area (Å²) in [5.41, 5.74) is 4.91. The second kappa shape index (κ2) is 4.77. The predicted molar refractivity (Wildman–Crippen MR) is 50.7 cm³/mol. The Hall–Kier alpha value is -1.59. The number of hydrogen-bond donors (Lipinski definition) is 3. The summed E-state index contributed by atoms with van der Waals surface area (Å²) < 4.78 is 0. The van der Waals surface area contributed by atoms with Crippen LogP contribution in [0.1, 0.15) is 19.3 Å². The number of amides is 2. The molecule has 2 unspecified atom stereocenters. The van der Waals surface area contributed by atoms with Crippen molar-refractivity contribution < 1.29 is 19.5 Å². The second-order valence-electron chi connectivity index (χ2n) is 3.65. The maximum absolute atomic E-state index is 11.3. The standard InChI is InChI=1S/C9H14N2O4/c10-7(12)2-1-3-11-8(13)5-4-6(5)9(14)15/h5-6H,1-4H2,(H2,10,12)(H,11,13)(H,14,15). The lowest BCUT2D eigenvalue weighted by molar-refractivity contribution is -0.140. The van der Waals surface area contributed by atoms with Gasteiger partial charge in [-0.15, -0.1) is 0 Å². The Labute approximate surface area is 86.8 Å². The van der Waals surface area contributed by atoms with Crippen molar-refractivity contribution in [2.75, 3.05) is 6.54 Å². The van der Waals surface area contributed by atoms with E-state index >= 15 is 0 Å². The van der Waals surface area contributed by atoms with Crippen LogP contribution >= 0.6 is 0 Å². The number of carbonyl (C=O) groups is 3. The molecular weight excluding hydrogens is 200 g/mol. The Balaban J connectivity index is 2.10. The number of nitrogens with one attached hydrogen (secondary N) is 1. The molecule has 15 heavy (non-hydrogen) atoms. The molecule has 0 aromatic carbocycles. The van der Waals surface area contributed by atoms with Crippen LogP contribution in [0.15, 0.2) is 0 Å². The molecule has 6 heteroatoms. The Kier molecular flexibility index (Phi) is 3.65. The summed E-state index contributed by atoms with van der Waals surface area (Å²) in [5, 5.41) is 11.2. The van der Waals surface area contributed by atoms with Gasteiger partial charge in [-0.3, -0.25) is 14.4 Å². The summed E-state index contributed by atoms with van der Waals surface area (Å²) in [5.74, 6) is -2.49. The van der Waals surface area contributed by atoms with Crippen LogP contribution in [-0.2, 0) is 14.4 Å². The zero-order valence-electron chi connectivity index (χ0n) is 8.23. The lowest BCUT2D eigenvalue weighted by Gasteiger charge is -2.02. The summed E-state index contributed by atoms with van der Waals surface area (Å²) in [7, 11) is 0. The molecule has 2 amide bonds. The van der Waals surface area contributed by atoms with E-state index < -0.39 is 23.7 Å². The zero-order chi connectivity index (χ0) is 11.4. The molecule has 0 saturated heterocycles. The van der Waals surface area contributed by atoms with E-state index in [2.05, 4.69) is 5.32 Å². The highest BCUT2D eigenvalue weighted by Crippen LogP contribution is 2.38. The van der Waals surface area contributed by atoms with Crippen LogP contribution in [0.2, 0.25) is 0 Å². The Bertz CT molecular complexity index is 290. The number of rotatable bonds is 6. The molecule has 1 saturated carbocycles. The van der Waals surface area contributed by atoms with Crippen molar-refractivity contribution in [3.63, 3.8) is 0 Å². The number of nitrogens with two attached hydrogens (primary N) is 1. The molecule has 0 spiro atoms. The minimum absolute atomic E-state index is 0.229. The molecule has 0 aliphatic heterocycles. The Morgan fingerprint density at radius 3 is 2.47 bits per heavy atom. The molecule has 0 radical (unpaired) electrons. The van der Waals surface area contributed by atoms with Crippen LogP contribution in [-0.4, -0.2) is 29.4 Å². The third-order valence-corrected chi connectivity index (χ3v) is 2.34. The molecule has 0 bridgehead atoms. The fourth-order valence-electron chi connectivity index (χ4n) is 1.36. The summed E-state index contributed by atoms with van der Waals surface area (Å²) in [6.45, 7) is 0.366. The largest absolute Gasteiger partial charge is 0.481 e. The summed E-state index contributed by atoms with van der Waals surface area (Å²) in [4.78, 5) is 32.1. The molecular formula is C9H14N2O4. The molecule has 1 aliphatic carbocycles. The van der Waals surface area contributed by atoms with Crippen molar-refractivity contribution in [3.05, 3.63) is 0 Å². The van der Waals surface area contributed by atoms with Gasteiger partial charge in [0.05, 0.1) is 11.8 Å². The molecule has 6 nitrogen and oxygen atoms in total. The van der Waals surface area contributed by atoms with Crippen LogP contribution in [0.3, 0.4) is 0 Å². The van der Waals surface area contributed by atoms with E-state index in [4.69, 9.17) is 10.8 Å². The van der Waals surface area contributed by atoms with E-state index in [-0.39, 0.29) is 12.3 Å². The van der Waals surface area contributed by atoms with Crippen molar-refractivity contribution >= 4 is 17.8 Å². The Morgan fingerprint density at radius 2 is 2.00 bits per heavy atom. The summed E-state index contributed by atoms with van der Waals surface area (Å²) in [6, 6.07) is 0. The van der Waals surface area contributed by atoms with Crippen LogP contribution in [0.5, 0.6) is 0 Å². The van der Waals surface area contributed by atoms with Crippen molar-refractivity contribution in [1.29, 1.82) is 0 Å². The first-order valence-corrected chi connectivity index (χ1v) is 4.81. The normalized spacial score (nSPS) is 23.2. The highest BCUT2D eigenvalue weighted by atomic mass is 16.4. The van der Waals surface area contributed by atoms with Gasteiger partial charge in [-0.25, -0.2) is 0 Å². The first kappa shape index (κ1) is 11.5. The minimum atomic E-state index is -0.924. The fourth-order valence-corrected chi connectivity index (χ4v) is 1.36. The topological polar surface area (TPSA) is 109 Å². The van der Waals surface area contributed by atoms with E-state index in [1.165, 1.54) is 0 Å². The number of carboxylic acids is 1. The third kappa shape index (κ3) is 3.57. The summed E-state index contributed by atoms with van der Waals surface area (Å²) >= 11 is 0. The van der Waals surface area contributed by atoms with Gasteiger partial charge >= 0.3 is 5.97 Å². The SMILES string of the molecule is NC(=O)CCCNC(=O)C1CC1C(=O)O. The van der Waals surface area contributed by atoms with Crippen molar-refractivity contribution in [1.82, 2.24) is 5.32 Å². The first-order chi connectivity index (χ1) is 7.02. The number of hydrogen-bond acceptors (Lipinski definition) is 3. The molecule has 2 atom stereocenters. The highest BCUT2D eigenvalue weighted by molar-refractivity contribution is 5.89. The van der Waals surface area contributed by atoms with E-state index in [9.17, 15) is 14.4 Å². The van der Waals surface area contributed by atoms with Gasteiger partial charge < -0.3 is 16.2 Å². The molecule has 84 valence electrons. The smallest absolute Gasteiger partial charge is 0.307 e. The van der Waals surface area contributed by atoms with Crippen LogP contribution in [0.4, 0.5) is 0 Å². The third-order valence-electron chi connectivity index (χ3n) is 2.34. The highest BCUT2D eigenvalue weighted by Gasteiger charge is 2.48. The molecule has 1 fully saturated rings. The average Bonchev–Trinajstić information content (AvgIpc) is 2.90. The number of primary amides is 1. The molecule has 0 aromatic heterocycles. The maximum atomic E-state index is 11.3. The Morgan fingerprint density at radius 1 is 1.33 bits per heavy atom. The second-order valence-corrected chi connectivity index (χ2v) is 3.65. The van der Waals surface area contributed by atoms with Crippen LogP contribution in [0, 0.1) is 11.8 Å². The van der Waals surface area contributed by atoms with Crippen LogP contribution < -0.4 is 11.1 Å². The first-order valence-electron chi connectivity index (χ1n) is 4.81. The zero-order valence-corrected chi connectivity index (χ0v) is 8.23. The number of aliphatic carboxylic acids is 1. The van der Waals surface area contributed by atoms with Gasteiger partial charge in [0, 0.05) is 13.0 Å². The van der Waals surface area contributed by atoms with Gasteiger partial charge in [-0.05, 0) is 12.8 Å². The molecule has 4 N–H and O–H groups in total. The molecule has 0 aromatic rings. The van der Waals surface area contributed by atoms with Crippen molar-refractivity contribution in [2.45, 2.75) is 19.3 Å². The van der Waals surface area contributed by atoms with Gasteiger partial charge in [-0.1, -0.05) is 0 Å². The monoisotopic (exact) mass is 214 g/mol. The maximum Gasteiger partial charge on any atom is 0.307 e. The van der Waals surface area contributed by atoms with E-state index in [0.29, 0.717) is 19.4 Å². The molecule has 1 aliphatic rings. The number of carbonyl (C=O) groups excluding carboxylic acids is 2. The van der Waals surface area contributed by atoms with E-state index in [1.54, 1.807) is 0 Å². The molecule has 0 heterocycles. The van der Waals surface area contributed by atoms with E-state index in [0.717, 1.165) is 0 Å². The van der Waals surface area contributed by atoms with Crippen molar-refractivity contribution in [3.8, 4) is 0 Å². The van der Waals surface area contributed by atoms with Crippen LogP contribution in [0.25, 0.3) is 0 Å². The van der Waals surface area contributed by atoms with E-state index in [1.807, 2.05) is 0 Å². The van der Waals surface area contributed by atoms with Gasteiger partial charge in [0.15, 0.2) is 0 Å². The van der Waals surface area contributed by atoms with Gasteiger partial charge in [0.2, 0.25) is 11.8 Å². The summed E-state index contributed by atoms with van der Waals surface area (Å²) in [6.07, 6.45) is 1.13. The van der Waals surface area contributed by atoms with Crippen molar-refractivity contribution in [2.24, 2.45) is 17.6 Å². The predicted octanol–water partition coefficient (Wildman–Crippen LogP) is -0.911. The quantitative estimate of drug-likeness (QED) is 0.497. The lowest BCUT2D eigenvalue weighted by Crippen LogP contribution is -2.28.